The smallest absolute Gasteiger partial charge is 0.407 e. The Kier molecular flexibility index (Phi) is 1.28. The van der Waals surface area contributed by atoms with Gasteiger partial charge in [-0.25, -0.2) is 4.79 Å². The van der Waals surface area contributed by atoms with Crippen LogP contribution in [0.1, 0.15) is 12.8 Å². The normalized spacial score (nSPS) is 46.9. The maximum atomic E-state index is 10.8. The summed E-state index contributed by atoms with van der Waals surface area (Å²) in [5.74, 6) is 0.949. The van der Waals surface area contributed by atoms with Crippen LogP contribution in [0, 0.1) is 11.8 Å². The van der Waals surface area contributed by atoms with Crippen LogP contribution in [0.5, 0.6) is 0 Å². The molecule has 4 heteroatoms. The van der Waals surface area contributed by atoms with Crippen molar-refractivity contribution in [2.45, 2.75) is 18.4 Å². The van der Waals surface area contributed by atoms with E-state index in [1.807, 2.05) is 0 Å². The number of hydrogen-bond acceptors (Lipinski definition) is 2. The van der Waals surface area contributed by atoms with E-state index < -0.39 is 6.09 Å². The lowest BCUT2D eigenvalue weighted by Gasteiger charge is -2.34. The molecule has 1 N–H and O–H groups in total. The molecule has 0 aromatic carbocycles. The second-order valence-corrected chi connectivity index (χ2v) is 4.40. The number of rotatable bonds is 0. The summed E-state index contributed by atoms with van der Waals surface area (Å²) in [5.41, 5.74) is 0.117. The van der Waals surface area contributed by atoms with Crippen LogP contribution >= 0.6 is 0 Å². The summed E-state index contributed by atoms with van der Waals surface area (Å²) < 4.78 is 5.53. The van der Waals surface area contributed by atoms with Crippen molar-refractivity contribution >= 4 is 6.09 Å². The molecule has 3 fully saturated rings. The number of carboxylic acid groups (broad SMARTS) is 1. The van der Waals surface area contributed by atoms with Crippen LogP contribution < -0.4 is 0 Å². The SMILES string of the molecule is O=C(O)N1C[C@H]2CC[C@@H](C1)C21CO1. The van der Waals surface area contributed by atoms with Crippen molar-refractivity contribution in [3.8, 4) is 0 Å². The molecule has 3 rings (SSSR count). The fourth-order valence-electron chi connectivity index (χ4n) is 3.03. The number of ether oxygens (including phenoxy) is 1. The van der Waals surface area contributed by atoms with Gasteiger partial charge >= 0.3 is 6.09 Å². The average molecular weight is 183 g/mol. The van der Waals surface area contributed by atoms with E-state index in [4.69, 9.17) is 9.84 Å². The van der Waals surface area contributed by atoms with Gasteiger partial charge in [0.2, 0.25) is 0 Å². The molecule has 3 aliphatic rings. The van der Waals surface area contributed by atoms with Crippen molar-refractivity contribution in [1.29, 1.82) is 0 Å². The van der Waals surface area contributed by atoms with Gasteiger partial charge in [0.25, 0.3) is 0 Å². The van der Waals surface area contributed by atoms with Crippen molar-refractivity contribution in [3.63, 3.8) is 0 Å². The molecule has 2 saturated heterocycles. The molecule has 3 atom stereocenters. The third-order valence-corrected chi connectivity index (χ3v) is 3.88. The molecule has 2 aliphatic heterocycles. The van der Waals surface area contributed by atoms with E-state index in [2.05, 4.69) is 0 Å². The van der Waals surface area contributed by atoms with Crippen LogP contribution in [0.2, 0.25) is 0 Å². The highest BCUT2D eigenvalue weighted by molar-refractivity contribution is 5.65. The minimum atomic E-state index is -0.771. The molecule has 1 amide bonds. The Morgan fingerprint density at radius 3 is 2.31 bits per heavy atom. The fourth-order valence-corrected chi connectivity index (χ4v) is 3.03. The van der Waals surface area contributed by atoms with Crippen LogP contribution in [0.25, 0.3) is 0 Å². The summed E-state index contributed by atoms with van der Waals surface area (Å²) >= 11 is 0. The summed E-state index contributed by atoms with van der Waals surface area (Å²) in [5, 5.41) is 8.88. The van der Waals surface area contributed by atoms with Crippen molar-refractivity contribution in [3.05, 3.63) is 0 Å². The third-order valence-electron chi connectivity index (χ3n) is 3.88. The number of epoxide rings is 1. The lowest BCUT2D eigenvalue weighted by atomic mass is 9.86. The zero-order valence-corrected chi connectivity index (χ0v) is 7.40. The van der Waals surface area contributed by atoms with Crippen LogP contribution in [0.3, 0.4) is 0 Å². The molecule has 4 nitrogen and oxygen atoms in total. The predicted molar refractivity (Wildman–Crippen MR) is 44.5 cm³/mol. The molecule has 2 heterocycles. The Hall–Kier alpha value is -0.770. The molecule has 2 bridgehead atoms. The Balaban J connectivity index is 1.83. The first-order chi connectivity index (χ1) is 6.22. The Morgan fingerprint density at radius 1 is 1.38 bits per heavy atom. The van der Waals surface area contributed by atoms with E-state index in [0.29, 0.717) is 24.9 Å². The van der Waals surface area contributed by atoms with Gasteiger partial charge in [0.05, 0.1) is 6.61 Å². The minimum Gasteiger partial charge on any atom is -0.465 e. The number of piperidine rings is 1. The molecule has 1 aliphatic carbocycles. The molecule has 72 valence electrons. The summed E-state index contributed by atoms with van der Waals surface area (Å²) in [6.07, 6.45) is 1.52. The van der Waals surface area contributed by atoms with E-state index in [1.54, 1.807) is 4.90 Å². The standard InChI is InChI=1S/C9H13NO3/c11-8(12)10-3-6-1-2-7(4-10)9(6)5-13-9/h6-7H,1-5H2,(H,11,12)/t6-,7+,9?. The summed E-state index contributed by atoms with van der Waals surface area (Å²) in [6, 6.07) is 0. The van der Waals surface area contributed by atoms with Gasteiger partial charge in [-0.3, -0.25) is 0 Å². The maximum absolute atomic E-state index is 10.8. The number of carbonyl (C=O) groups is 1. The molecular formula is C9H13NO3. The van der Waals surface area contributed by atoms with Crippen molar-refractivity contribution in [2.75, 3.05) is 19.7 Å². The topological polar surface area (TPSA) is 53.1 Å². The maximum Gasteiger partial charge on any atom is 0.407 e. The van der Waals surface area contributed by atoms with E-state index in [0.717, 1.165) is 19.4 Å². The highest BCUT2D eigenvalue weighted by atomic mass is 16.6. The number of nitrogens with zero attached hydrogens (tertiary/aromatic N) is 1. The molecule has 0 aromatic heterocycles. The Morgan fingerprint density at radius 2 is 1.92 bits per heavy atom. The molecule has 1 saturated carbocycles. The second-order valence-electron chi connectivity index (χ2n) is 4.40. The quantitative estimate of drug-likeness (QED) is 0.564. The van der Waals surface area contributed by atoms with Gasteiger partial charge in [0, 0.05) is 24.9 Å². The van der Waals surface area contributed by atoms with E-state index in [-0.39, 0.29) is 5.60 Å². The summed E-state index contributed by atoms with van der Waals surface area (Å²) in [4.78, 5) is 12.3. The Labute approximate surface area is 76.5 Å². The number of amides is 1. The zero-order chi connectivity index (χ0) is 9.05. The lowest BCUT2D eigenvalue weighted by Crippen LogP contribution is -2.48. The number of likely N-dealkylation sites (tertiary alicyclic amines) is 1. The molecule has 0 aromatic rings. The van der Waals surface area contributed by atoms with Crippen LogP contribution in [0.15, 0.2) is 0 Å². The first-order valence-corrected chi connectivity index (χ1v) is 4.84. The van der Waals surface area contributed by atoms with Gasteiger partial charge in [0.1, 0.15) is 5.60 Å². The molecular weight excluding hydrogens is 170 g/mol. The summed E-state index contributed by atoms with van der Waals surface area (Å²) in [7, 11) is 0. The minimum absolute atomic E-state index is 0.117. The first kappa shape index (κ1) is 7.62. The highest BCUT2D eigenvalue weighted by Gasteiger charge is 2.63. The van der Waals surface area contributed by atoms with Crippen molar-refractivity contribution in [2.24, 2.45) is 11.8 Å². The van der Waals surface area contributed by atoms with Gasteiger partial charge in [0.15, 0.2) is 0 Å². The molecule has 1 unspecified atom stereocenters. The van der Waals surface area contributed by atoms with Crippen LogP contribution in [-0.4, -0.2) is 41.4 Å². The van der Waals surface area contributed by atoms with E-state index in [9.17, 15) is 4.79 Å². The summed E-state index contributed by atoms with van der Waals surface area (Å²) in [6.45, 7) is 2.24. The van der Waals surface area contributed by atoms with Crippen LogP contribution in [-0.2, 0) is 4.74 Å². The molecule has 0 radical (unpaired) electrons. The second kappa shape index (κ2) is 2.18. The number of hydrogen-bond donors (Lipinski definition) is 1. The van der Waals surface area contributed by atoms with Gasteiger partial charge in [-0.2, -0.15) is 0 Å². The predicted octanol–water partition coefficient (Wildman–Crippen LogP) is 0.775. The zero-order valence-electron chi connectivity index (χ0n) is 7.40. The van der Waals surface area contributed by atoms with Gasteiger partial charge in [-0.15, -0.1) is 0 Å². The highest BCUT2D eigenvalue weighted by Crippen LogP contribution is 2.54. The van der Waals surface area contributed by atoms with Crippen LogP contribution in [0.4, 0.5) is 4.79 Å². The molecule has 1 spiro atoms. The Bertz CT molecular complexity index is 246. The first-order valence-electron chi connectivity index (χ1n) is 4.84. The largest absolute Gasteiger partial charge is 0.465 e. The van der Waals surface area contributed by atoms with Crippen molar-refractivity contribution in [1.82, 2.24) is 4.90 Å². The fraction of sp³-hybridized carbons (Fsp3) is 0.889. The van der Waals surface area contributed by atoms with E-state index in [1.165, 1.54) is 0 Å². The molecule has 13 heavy (non-hydrogen) atoms. The lowest BCUT2D eigenvalue weighted by molar-refractivity contribution is 0.0690. The van der Waals surface area contributed by atoms with Gasteiger partial charge < -0.3 is 14.7 Å². The van der Waals surface area contributed by atoms with Crippen molar-refractivity contribution < 1.29 is 14.6 Å². The third kappa shape index (κ3) is 0.866. The van der Waals surface area contributed by atoms with Gasteiger partial charge in [-0.1, -0.05) is 0 Å². The van der Waals surface area contributed by atoms with Gasteiger partial charge in [-0.05, 0) is 12.8 Å². The average Bonchev–Trinajstić information content (AvgIpc) is 2.77. The van der Waals surface area contributed by atoms with E-state index >= 15 is 0 Å². The monoisotopic (exact) mass is 183 g/mol.